The van der Waals surface area contributed by atoms with Gasteiger partial charge in [0.1, 0.15) is 6.04 Å². The Morgan fingerprint density at radius 3 is 2.61 bits per heavy atom. The maximum absolute atomic E-state index is 13.5. The predicted molar refractivity (Wildman–Crippen MR) is 73.4 cm³/mol. The van der Waals surface area contributed by atoms with Crippen LogP contribution >= 0.6 is 0 Å². The number of piperidine rings is 1. The van der Waals surface area contributed by atoms with Crippen molar-refractivity contribution in [3.63, 3.8) is 0 Å². The molecule has 1 aliphatic rings. The summed E-state index contributed by atoms with van der Waals surface area (Å²) in [6.45, 7) is -0.186. The second kappa shape index (κ2) is 6.82. The minimum Gasteiger partial charge on any atom is -0.329 e. The molecule has 23 heavy (non-hydrogen) atoms. The molecule has 2 N–H and O–H groups in total. The van der Waals surface area contributed by atoms with Crippen molar-refractivity contribution in [1.82, 2.24) is 4.90 Å². The monoisotopic (exact) mass is 336 g/mol. The van der Waals surface area contributed by atoms with Crippen LogP contribution in [0.2, 0.25) is 0 Å². The van der Waals surface area contributed by atoms with E-state index in [9.17, 15) is 26.7 Å². The molecule has 0 saturated carbocycles. The molecular formula is C15H17F5N2O. The fraction of sp³-hybridized carbons (Fsp3) is 0.533. The van der Waals surface area contributed by atoms with Crippen molar-refractivity contribution in [1.29, 1.82) is 0 Å². The number of alkyl halides is 3. The number of amides is 1. The second-order valence-electron chi connectivity index (χ2n) is 5.65. The largest absolute Gasteiger partial charge is 0.408 e. The van der Waals surface area contributed by atoms with Crippen LogP contribution in [0, 0.1) is 11.6 Å². The summed E-state index contributed by atoms with van der Waals surface area (Å²) in [5.41, 5.74) is 5.61. The number of hydrogen-bond donors (Lipinski definition) is 1. The molecule has 2 rings (SSSR count). The van der Waals surface area contributed by atoms with Crippen molar-refractivity contribution >= 4 is 5.91 Å². The minimum atomic E-state index is -4.53. The SMILES string of the molecule is N[C@@H]1CC[C@H](C(F)(F)F)N(C(=O)CCc2cccc(F)c2F)C1. The fourth-order valence-corrected chi connectivity index (χ4v) is 2.74. The number of aryl methyl sites for hydroxylation is 1. The highest BCUT2D eigenvalue weighted by atomic mass is 19.4. The molecule has 0 aliphatic carbocycles. The van der Waals surface area contributed by atoms with E-state index in [0.717, 1.165) is 6.07 Å². The first-order valence-corrected chi connectivity index (χ1v) is 7.24. The number of hydrogen-bond acceptors (Lipinski definition) is 2. The van der Waals surface area contributed by atoms with Gasteiger partial charge >= 0.3 is 6.18 Å². The zero-order valence-electron chi connectivity index (χ0n) is 12.2. The number of halogens is 5. The summed E-state index contributed by atoms with van der Waals surface area (Å²) in [7, 11) is 0. The van der Waals surface area contributed by atoms with E-state index in [1.165, 1.54) is 12.1 Å². The van der Waals surface area contributed by atoms with Gasteiger partial charge in [-0.3, -0.25) is 4.79 Å². The van der Waals surface area contributed by atoms with Crippen molar-refractivity contribution < 1.29 is 26.7 Å². The molecule has 1 aliphatic heterocycles. The molecule has 2 atom stereocenters. The van der Waals surface area contributed by atoms with E-state index in [2.05, 4.69) is 0 Å². The van der Waals surface area contributed by atoms with E-state index in [4.69, 9.17) is 5.73 Å². The number of nitrogens with zero attached hydrogens (tertiary/aromatic N) is 1. The third kappa shape index (κ3) is 4.19. The average Bonchev–Trinajstić information content (AvgIpc) is 2.47. The van der Waals surface area contributed by atoms with E-state index >= 15 is 0 Å². The summed E-state index contributed by atoms with van der Waals surface area (Å²) in [6, 6.07) is 1.14. The van der Waals surface area contributed by atoms with Crippen LogP contribution in [0.3, 0.4) is 0 Å². The van der Waals surface area contributed by atoms with Gasteiger partial charge in [0, 0.05) is 19.0 Å². The average molecular weight is 336 g/mol. The standard InChI is InChI=1S/C15H17F5N2O/c16-11-3-1-2-9(14(11)17)4-7-13(23)22-8-10(21)5-6-12(22)15(18,19)20/h1-3,10,12H,4-8,21H2/t10-,12-/m1/s1. The minimum absolute atomic E-state index is 0.0387. The molecule has 128 valence electrons. The van der Waals surface area contributed by atoms with E-state index in [1.54, 1.807) is 0 Å². The van der Waals surface area contributed by atoms with Gasteiger partial charge < -0.3 is 10.6 Å². The van der Waals surface area contributed by atoms with Gasteiger partial charge in [0.15, 0.2) is 11.6 Å². The van der Waals surface area contributed by atoms with Crippen LogP contribution in [0.5, 0.6) is 0 Å². The Bertz CT molecular complexity index is 575. The molecule has 1 aromatic carbocycles. The van der Waals surface area contributed by atoms with Crippen LogP contribution in [-0.4, -0.2) is 35.6 Å². The summed E-state index contributed by atoms with van der Waals surface area (Å²) in [5.74, 6) is -2.89. The van der Waals surface area contributed by atoms with Gasteiger partial charge in [-0.2, -0.15) is 13.2 Å². The molecule has 0 unspecified atom stereocenters. The topological polar surface area (TPSA) is 46.3 Å². The van der Waals surface area contributed by atoms with E-state index < -0.39 is 35.8 Å². The van der Waals surface area contributed by atoms with Gasteiger partial charge in [-0.15, -0.1) is 0 Å². The predicted octanol–water partition coefficient (Wildman–Crippen LogP) is 2.78. The lowest BCUT2D eigenvalue weighted by Gasteiger charge is -2.39. The molecule has 1 fully saturated rings. The molecule has 0 radical (unpaired) electrons. The summed E-state index contributed by atoms with van der Waals surface area (Å²) in [5, 5.41) is 0. The van der Waals surface area contributed by atoms with Crippen molar-refractivity contribution in [2.75, 3.05) is 6.54 Å². The van der Waals surface area contributed by atoms with Crippen molar-refractivity contribution in [2.24, 2.45) is 5.73 Å². The van der Waals surface area contributed by atoms with Gasteiger partial charge in [-0.1, -0.05) is 12.1 Å². The zero-order valence-corrected chi connectivity index (χ0v) is 12.2. The first-order chi connectivity index (χ1) is 10.7. The van der Waals surface area contributed by atoms with Crippen molar-refractivity contribution in [3.8, 4) is 0 Å². The fourth-order valence-electron chi connectivity index (χ4n) is 2.74. The van der Waals surface area contributed by atoms with Crippen molar-refractivity contribution in [3.05, 3.63) is 35.4 Å². The number of benzene rings is 1. The second-order valence-corrected chi connectivity index (χ2v) is 5.65. The molecule has 1 amide bonds. The normalized spacial score (nSPS) is 22.3. The lowest BCUT2D eigenvalue weighted by Crippen LogP contribution is -2.56. The Balaban J connectivity index is 2.07. The summed E-state index contributed by atoms with van der Waals surface area (Å²) >= 11 is 0. The molecule has 3 nitrogen and oxygen atoms in total. The van der Waals surface area contributed by atoms with E-state index in [1.807, 2.05) is 0 Å². The van der Waals surface area contributed by atoms with E-state index in [0.29, 0.717) is 4.90 Å². The quantitative estimate of drug-likeness (QED) is 0.863. The van der Waals surface area contributed by atoms with Crippen LogP contribution < -0.4 is 5.73 Å². The Morgan fingerprint density at radius 2 is 1.96 bits per heavy atom. The lowest BCUT2D eigenvalue weighted by atomic mass is 9.97. The van der Waals surface area contributed by atoms with Crippen LogP contribution in [0.15, 0.2) is 18.2 Å². The molecule has 1 aromatic rings. The number of carbonyl (C=O) groups is 1. The molecule has 0 aromatic heterocycles. The van der Waals surface area contributed by atoms with Gasteiger partial charge in [0.05, 0.1) is 0 Å². The molecule has 1 saturated heterocycles. The Labute approximate surface area is 130 Å². The third-order valence-corrected chi connectivity index (χ3v) is 3.96. The number of likely N-dealkylation sites (tertiary alicyclic amines) is 1. The molecule has 0 bridgehead atoms. The van der Waals surface area contributed by atoms with Gasteiger partial charge in [0.25, 0.3) is 0 Å². The first-order valence-electron chi connectivity index (χ1n) is 7.24. The highest BCUT2D eigenvalue weighted by Crippen LogP contribution is 2.32. The Morgan fingerprint density at radius 1 is 1.26 bits per heavy atom. The first kappa shape index (κ1) is 17.7. The van der Waals surface area contributed by atoms with Gasteiger partial charge in [-0.25, -0.2) is 8.78 Å². The highest BCUT2D eigenvalue weighted by molar-refractivity contribution is 5.77. The van der Waals surface area contributed by atoms with Gasteiger partial charge in [-0.05, 0) is 30.9 Å². The highest BCUT2D eigenvalue weighted by Gasteiger charge is 2.47. The number of carbonyl (C=O) groups excluding carboxylic acids is 1. The summed E-state index contributed by atoms with van der Waals surface area (Å²) < 4.78 is 65.7. The third-order valence-electron chi connectivity index (χ3n) is 3.96. The van der Waals surface area contributed by atoms with Gasteiger partial charge in [0.2, 0.25) is 5.91 Å². The maximum atomic E-state index is 13.5. The zero-order chi connectivity index (χ0) is 17.2. The van der Waals surface area contributed by atoms with Crippen LogP contribution in [-0.2, 0) is 11.2 Å². The van der Waals surface area contributed by atoms with Crippen LogP contribution in [0.25, 0.3) is 0 Å². The summed E-state index contributed by atoms with van der Waals surface area (Å²) in [6.07, 6.45) is -5.09. The lowest BCUT2D eigenvalue weighted by molar-refractivity contribution is -0.196. The van der Waals surface area contributed by atoms with Crippen LogP contribution in [0.1, 0.15) is 24.8 Å². The van der Waals surface area contributed by atoms with Crippen molar-refractivity contribution in [2.45, 2.75) is 43.9 Å². The molecule has 1 heterocycles. The smallest absolute Gasteiger partial charge is 0.329 e. The molecule has 0 spiro atoms. The van der Waals surface area contributed by atoms with Crippen LogP contribution in [0.4, 0.5) is 22.0 Å². The maximum Gasteiger partial charge on any atom is 0.408 e. The Kier molecular flexibility index (Phi) is 5.23. The van der Waals surface area contributed by atoms with E-state index in [-0.39, 0.29) is 37.8 Å². The number of nitrogens with two attached hydrogens (primary N) is 1. The molecular weight excluding hydrogens is 319 g/mol. The molecule has 8 heteroatoms. The summed E-state index contributed by atoms with van der Waals surface area (Å²) in [4.78, 5) is 12.8. The number of rotatable bonds is 3. The Hall–Kier alpha value is -1.70.